The van der Waals surface area contributed by atoms with Gasteiger partial charge in [-0.1, -0.05) is 32.0 Å². The molecule has 94 valence electrons. The van der Waals surface area contributed by atoms with Crippen molar-refractivity contribution in [2.24, 2.45) is 11.8 Å². The third kappa shape index (κ3) is 4.22. The van der Waals surface area contributed by atoms with E-state index in [1.54, 1.807) is 0 Å². The van der Waals surface area contributed by atoms with Crippen LogP contribution in [0.2, 0.25) is 0 Å². The third-order valence-corrected chi connectivity index (χ3v) is 3.16. The lowest BCUT2D eigenvalue weighted by Crippen LogP contribution is -2.18. The Morgan fingerprint density at radius 2 is 1.88 bits per heavy atom. The first-order valence-corrected chi connectivity index (χ1v) is 6.19. The number of rotatable bonds is 5. The standard InChI is InChI=1S/C15H22O2/c1-10(2)7-14(15(16)17)9-13-6-5-11(3)12(4)8-13/h5-6,8,10,14H,7,9H2,1-4H3,(H,16,17). The van der Waals surface area contributed by atoms with E-state index in [2.05, 4.69) is 39.8 Å². The Labute approximate surface area is 104 Å². The summed E-state index contributed by atoms with van der Waals surface area (Å²) in [7, 11) is 0. The highest BCUT2D eigenvalue weighted by atomic mass is 16.4. The molecule has 0 spiro atoms. The maximum atomic E-state index is 11.2. The molecule has 0 heterocycles. The highest BCUT2D eigenvalue weighted by Gasteiger charge is 2.19. The molecule has 1 aromatic carbocycles. The Morgan fingerprint density at radius 1 is 1.24 bits per heavy atom. The van der Waals surface area contributed by atoms with Crippen LogP contribution in [-0.4, -0.2) is 11.1 Å². The van der Waals surface area contributed by atoms with Crippen molar-refractivity contribution in [3.05, 3.63) is 34.9 Å². The molecule has 1 N–H and O–H groups in total. The van der Waals surface area contributed by atoms with Crippen molar-refractivity contribution in [2.75, 3.05) is 0 Å². The lowest BCUT2D eigenvalue weighted by Gasteiger charge is -2.15. The van der Waals surface area contributed by atoms with Crippen molar-refractivity contribution >= 4 is 5.97 Å². The lowest BCUT2D eigenvalue weighted by molar-refractivity contribution is -0.142. The molecule has 0 amide bonds. The van der Waals surface area contributed by atoms with Gasteiger partial charge in [-0.05, 0) is 49.3 Å². The number of aryl methyl sites for hydroxylation is 2. The molecular formula is C15H22O2. The van der Waals surface area contributed by atoms with Crippen LogP contribution in [0.5, 0.6) is 0 Å². The molecular weight excluding hydrogens is 212 g/mol. The van der Waals surface area contributed by atoms with E-state index in [1.165, 1.54) is 11.1 Å². The second-order valence-corrected chi connectivity index (χ2v) is 5.29. The molecule has 1 unspecified atom stereocenters. The Kier molecular flexibility index (Phi) is 4.73. The molecule has 0 aliphatic heterocycles. The van der Waals surface area contributed by atoms with Gasteiger partial charge in [0.15, 0.2) is 0 Å². The van der Waals surface area contributed by atoms with E-state index in [0.717, 1.165) is 12.0 Å². The molecule has 0 fully saturated rings. The molecule has 0 saturated heterocycles. The molecule has 0 bridgehead atoms. The zero-order chi connectivity index (χ0) is 13.0. The number of benzene rings is 1. The summed E-state index contributed by atoms with van der Waals surface area (Å²) < 4.78 is 0. The molecule has 1 atom stereocenters. The molecule has 17 heavy (non-hydrogen) atoms. The molecule has 0 aromatic heterocycles. The van der Waals surface area contributed by atoms with Crippen LogP contribution in [0.3, 0.4) is 0 Å². The third-order valence-electron chi connectivity index (χ3n) is 3.16. The van der Waals surface area contributed by atoms with Gasteiger partial charge in [0.05, 0.1) is 5.92 Å². The normalized spacial score (nSPS) is 12.8. The van der Waals surface area contributed by atoms with Gasteiger partial charge >= 0.3 is 5.97 Å². The van der Waals surface area contributed by atoms with Gasteiger partial charge in [0.25, 0.3) is 0 Å². The van der Waals surface area contributed by atoms with E-state index in [1.807, 2.05) is 6.07 Å². The maximum absolute atomic E-state index is 11.2. The first-order chi connectivity index (χ1) is 7.90. The summed E-state index contributed by atoms with van der Waals surface area (Å²) in [5, 5.41) is 9.21. The van der Waals surface area contributed by atoms with Gasteiger partial charge < -0.3 is 5.11 Å². The van der Waals surface area contributed by atoms with E-state index < -0.39 is 5.97 Å². The Bertz CT molecular complexity index is 394. The monoisotopic (exact) mass is 234 g/mol. The lowest BCUT2D eigenvalue weighted by atomic mass is 9.90. The number of hydrogen-bond donors (Lipinski definition) is 1. The smallest absolute Gasteiger partial charge is 0.306 e. The highest BCUT2D eigenvalue weighted by Crippen LogP contribution is 2.19. The summed E-state index contributed by atoms with van der Waals surface area (Å²) in [5.74, 6) is -0.531. The Morgan fingerprint density at radius 3 is 2.35 bits per heavy atom. The minimum Gasteiger partial charge on any atom is -0.481 e. The number of carboxylic acid groups (broad SMARTS) is 1. The van der Waals surface area contributed by atoms with Gasteiger partial charge in [0, 0.05) is 0 Å². The SMILES string of the molecule is Cc1ccc(CC(CC(C)C)C(=O)O)cc1C. The van der Waals surface area contributed by atoms with Crippen molar-refractivity contribution in [3.63, 3.8) is 0 Å². The first-order valence-electron chi connectivity index (χ1n) is 6.19. The quantitative estimate of drug-likeness (QED) is 0.845. The fraction of sp³-hybridized carbons (Fsp3) is 0.533. The molecule has 0 aliphatic rings. The minimum absolute atomic E-state index is 0.267. The van der Waals surface area contributed by atoms with E-state index in [-0.39, 0.29) is 5.92 Å². The highest BCUT2D eigenvalue weighted by molar-refractivity contribution is 5.70. The first kappa shape index (κ1) is 13.8. The Balaban J connectivity index is 2.78. The second-order valence-electron chi connectivity index (χ2n) is 5.29. The van der Waals surface area contributed by atoms with Crippen molar-refractivity contribution in [2.45, 2.75) is 40.5 Å². The van der Waals surface area contributed by atoms with Crippen LogP contribution in [0.1, 0.15) is 37.0 Å². The molecule has 0 radical (unpaired) electrons. The van der Waals surface area contributed by atoms with Crippen LogP contribution >= 0.6 is 0 Å². The zero-order valence-electron chi connectivity index (χ0n) is 11.2. The summed E-state index contributed by atoms with van der Waals surface area (Å²) in [4.78, 5) is 11.2. The van der Waals surface area contributed by atoms with E-state index >= 15 is 0 Å². The largest absolute Gasteiger partial charge is 0.481 e. The second kappa shape index (κ2) is 5.85. The topological polar surface area (TPSA) is 37.3 Å². The average Bonchev–Trinajstić information content (AvgIpc) is 2.21. The van der Waals surface area contributed by atoms with Gasteiger partial charge in [-0.15, -0.1) is 0 Å². The van der Waals surface area contributed by atoms with Gasteiger partial charge in [-0.3, -0.25) is 4.79 Å². The Hall–Kier alpha value is -1.31. The number of hydrogen-bond acceptors (Lipinski definition) is 1. The molecule has 1 rings (SSSR count). The average molecular weight is 234 g/mol. The van der Waals surface area contributed by atoms with Crippen LogP contribution < -0.4 is 0 Å². The van der Waals surface area contributed by atoms with Crippen molar-refractivity contribution < 1.29 is 9.90 Å². The van der Waals surface area contributed by atoms with Gasteiger partial charge in [0.2, 0.25) is 0 Å². The van der Waals surface area contributed by atoms with E-state index in [9.17, 15) is 9.90 Å². The van der Waals surface area contributed by atoms with Crippen LogP contribution in [0, 0.1) is 25.7 Å². The van der Waals surface area contributed by atoms with Gasteiger partial charge in [-0.25, -0.2) is 0 Å². The minimum atomic E-state index is -0.683. The van der Waals surface area contributed by atoms with Gasteiger partial charge in [-0.2, -0.15) is 0 Å². The summed E-state index contributed by atoms with van der Waals surface area (Å²) in [6.07, 6.45) is 1.37. The number of carboxylic acids is 1. The van der Waals surface area contributed by atoms with Crippen LogP contribution in [0.15, 0.2) is 18.2 Å². The van der Waals surface area contributed by atoms with E-state index in [0.29, 0.717) is 12.3 Å². The van der Waals surface area contributed by atoms with Crippen molar-refractivity contribution in [1.82, 2.24) is 0 Å². The fourth-order valence-electron chi connectivity index (χ4n) is 2.06. The summed E-state index contributed by atoms with van der Waals surface area (Å²) in [6.45, 7) is 8.27. The van der Waals surface area contributed by atoms with Crippen LogP contribution in [0.4, 0.5) is 0 Å². The van der Waals surface area contributed by atoms with Crippen molar-refractivity contribution in [3.8, 4) is 0 Å². The summed E-state index contributed by atoms with van der Waals surface area (Å²) >= 11 is 0. The van der Waals surface area contributed by atoms with Gasteiger partial charge in [0.1, 0.15) is 0 Å². The summed E-state index contributed by atoms with van der Waals surface area (Å²) in [6, 6.07) is 6.21. The zero-order valence-corrected chi connectivity index (χ0v) is 11.2. The fourth-order valence-corrected chi connectivity index (χ4v) is 2.06. The van der Waals surface area contributed by atoms with E-state index in [4.69, 9.17) is 0 Å². The molecule has 0 saturated carbocycles. The van der Waals surface area contributed by atoms with Crippen molar-refractivity contribution in [1.29, 1.82) is 0 Å². The predicted molar refractivity (Wildman–Crippen MR) is 70.2 cm³/mol. The number of carbonyl (C=O) groups is 1. The molecule has 2 heteroatoms. The molecule has 0 aliphatic carbocycles. The summed E-state index contributed by atoms with van der Waals surface area (Å²) in [5.41, 5.74) is 3.61. The number of aliphatic carboxylic acids is 1. The van der Waals surface area contributed by atoms with Crippen LogP contribution in [-0.2, 0) is 11.2 Å². The molecule has 2 nitrogen and oxygen atoms in total. The maximum Gasteiger partial charge on any atom is 0.306 e. The predicted octanol–water partition coefficient (Wildman–Crippen LogP) is 3.59. The molecule has 1 aromatic rings. The van der Waals surface area contributed by atoms with Crippen LogP contribution in [0.25, 0.3) is 0 Å².